The van der Waals surface area contributed by atoms with E-state index in [4.69, 9.17) is 37.6 Å². The maximum atomic E-state index is 11.2. The summed E-state index contributed by atoms with van der Waals surface area (Å²) in [5.41, 5.74) is 0. The van der Waals surface area contributed by atoms with Crippen LogP contribution in [0.25, 0.3) is 0 Å². The van der Waals surface area contributed by atoms with Gasteiger partial charge >= 0.3 is 5.97 Å². The van der Waals surface area contributed by atoms with Crippen LogP contribution in [0.2, 0.25) is 5.04 Å². The number of carbonyl (C=O) groups is 1. The smallest absolute Gasteiger partial charge is 0.305 e. The van der Waals surface area contributed by atoms with E-state index in [9.17, 15) is 4.79 Å². The summed E-state index contributed by atoms with van der Waals surface area (Å²) < 4.78 is 45.1. The van der Waals surface area contributed by atoms with Crippen LogP contribution in [0.1, 0.15) is 40.5 Å². The van der Waals surface area contributed by atoms with E-state index < -0.39 is 8.32 Å². The van der Waals surface area contributed by atoms with Crippen molar-refractivity contribution in [2.45, 2.75) is 45.6 Å². The van der Waals surface area contributed by atoms with Gasteiger partial charge in [0.15, 0.2) is 0 Å². The Hall–Kier alpha value is -2.15. The first-order valence-electron chi connectivity index (χ1n) is 15.8. The Kier molecular flexibility index (Phi) is 20.1. The second-order valence-corrected chi connectivity index (χ2v) is 15.5. The highest BCUT2D eigenvalue weighted by atomic mass is 28.4. The lowest BCUT2D eigenvalue weighted by Crippen LogP contribution is -2.66. The molecule has 0 N–H and O–H groups in total. The van der Waals surface area contributed by atoms with Gasteiger partial charge in [-0.05, 0) is 21.8 Å². The van der Waals surface area contributed by atoms with E-state index in [1.165, 1.54) is 10.4 Å². The second-order valence-electron chi connectivity index (χ2n) is 11.2. The molecule has 44 heavy (non-hydrogen) atoms. The van der Waals surface area contributed by atoms with Gasteiger partial charge in [-0.15, -0.1) is 0 Å². The van der Waals surface area contributed by atoms with Crippen LogP contribution in [0.4, 0.5) is 0 Å². The van der Waals surface area contributed by atoms with Crippen molar-refractivity contribution in [2.75, 3.05) is 92.5 Å². The zero-order valence-corrected chi connectivity index (χ0v) is 28.3. The second kappa shape index (κ2) is 23.2. The molecule has 0 unspecified atom stereocenters. The van der Waals surface area contributed by atoms with Crippen LogP contribution in [0.3, 0.4) is 0 Å². The van der Waals surface area contributed by atoms with E-state index in [-0.39, 0.29) is 17.6 Å². The van der Waals surface area contributed by atoms with Crippen molar-refractivity contribution >= 4 is 24.7 Å². The Morgan fingerprint density at radius 1 is 0.545 bits per heavy atom. The van der Waals surface area contributed by atoms with E-state index >= 15 is 0 Å². The van der Waals surface area contributed by atoms with Crippen LogP contribution in [0.15, 0.2) is 60.7 Å². The third kappa shape index (κ3) is 14.8. The molecule has 0 aromatic heterocycles. The first-order valence-corrected chi connectivity index (χ1v) is 17.7. The Morgan fingerprint density at radius 3 is 1.23 bits per heavy atom. The van der Waals surface area contributed by atoms with Crippen molar-refractivity contribution in [1.29, 1.82) is 0 Å². The molecule has 10 heteroatoms. The van der Waals surface area contributed by atoms with Gasteiger partial charge in [0.2, 0.25) is 0 Å². The molecule has 0 saturated carbocycles. The molecule has 0 aliphatic rings. The van der Waals surface area contributed by atoms with Crippen molar-refractivity contribution in [3.05, 3.63) is 60.7 Å². The zero-order chi connectivity index (χ0) is 31.8. The Bertz CT molecular complexity index is 930. The fraction of sp³-hybridized carbons (Fsp3) is 0.618. The fourth-order valence-corrected chi connectivity index (χ4v) is 9.25. The molecule has 2 aromatic carbocycles. The minimum absolute atomic E-state index is 0.0542. The highest BCUT2D eigenvalue weighted by Gasteiger charge is 2.49. The molecule has 248 valence electrons. The quantitative estimate of drug-likeness (QED) is 0.0865. The molecule has 2 rings (SSSR count). The van der Waals surface area contributed by atoms with E-state index in [0.29, 0.717) is 92.3 Å². The number of esters is 1. The van der Waals surface area contributed by atoms with Gasteiger partial charge in [0.25, 0.3) is 8.32 Å². The molecule has 0 saturated heterocycles. The van der Waals surface area contributed by atoms with Crippen LogP contribution in [0.5, 0.6) is 0 Å². The van der Waals surface area contributed by atoms with Gasteiger partial charge in [-0.2, -0.15) is 0 Å². The molecule has 9 nitrogen and oxygen atoms in total. The van der Waals surface area contributed by atoms with Gasteiger partial charge in [-0.25, -0.2) is 0 Å². The number of rotatable bonds is 26. The number of carbonyl (C=O) groups excluding carboxylic acids is 1. The van der Waals surface area contributed by atoms with Crippen LogP contribution >= 0.6 is 0 Å². The molecule has 0 aliphatic carbocycles. The molecule has 0 heterocycles. The van der Waals surface area contributed by atoms with Crippen molar-refractivity contribution in [3.63, 3.8) is 0 Å². The monoisotopic (exact) mass is 634 g/mol. The lowest BCUT2D eigenvalue weighted by Gasteiger charge is -2.43. The molecular formula is C34H54O9Si. The Balaban J connectivity index is 1.45. The maximum Gasteiger partial charge on any atom is 0.305 e. The van der Waals surface area contributed by atoms with Gasteiger partial charge in [0, 0.05) is 6.42 Å². The predicted octanol–water partition coefficient (Wildman–Crippen LogP) is 4.01. The first-order chi connectivity index (χ1) is 21.4. The van der Waals surface area contributed by atoms with Crippen LogP contribution in [0, 0.1) is 0 Å². The number of hydrogen-bond donors (Lipinski definition) is 0. The van der Waals surface area contributed by atoms with E-state index in [2.05, 4.69) is 81.4 Å². The maximum absolute atomic E-state index is 11.2. The third-order valence-electron chi connectivity index (χ3n) is 6.77. The van der Waals surface area contributed by atoms with Gasteiger partial charge in [-0.1, -0.05) is 88.4 Å². The molecule has 2 aromatic rings. The van der Waals surface area contributed by atoms with E-state index in [1.54, 1.807) is 0 Å². The van der Waals surface area contributed by atoms with E-state index in [0.717, 1.165) is 6.42 Å². The average Bonchev–Trinajstić information content (AvgIpc) is 3.02. The summed E-state index contributed by atoms with van der Waals surface area (Å²) in [4.78, 5) is 11.2. The summed E-state index contributed by atoms with van der Waals surface area (Å²) in [5.74, 6) is -0.184. The first kappa shape index (κ1) is 38.0. The van der Waals surface area contributed by atoms with Gasteiger partial charge < -0.3 is 37.6 Å². The van der Waals surface area contributed by atoms with Gasteiger partial charge in [0.1, 0.15) is 6.61 Å². The van der Waals surface area contributed by atoms with Crippen molar-refractivity contribution in [2.24, 2.45) is 0 Å². The summed E-state index contributed by atoms with van der Waals surface area (Å²) in [6.45, 7) is 15.4. The SMILES string of the molecule is CCCC(=O)OCCOCCOCCOCCOCCOCCOCCO[Si](c1ccccc1)(c1ccccc1)C(C)(C)C. The molecule has 0 fully saturated rings. The van der Waals surface area contributed by atoms with Crippen LogP contribution in [-0.4, -0.2) is 107 Å². The molecule has 0 amide bonds. The summed E-state index contributed by atoms with van der Waals surface area (Å²) in [5, 5.41) is 2.48. The van der Waals surface area contributed by atoms with Crippen LogP contribution < -0.4 is 10.4 Å². The molecule has 0 aliphatic heterocycles. The third-order valence-corrected chi connectivity index (χ3v) is 11.8. The van der Waals surface area contributed by atoms with E-state index in [1.807, 2.05) is 6.92 Å². The number of ether oxygens (including phenoxy) is 7. The molecule has 0 spiro atoms. The topological polar surface area (TPSA) is 90.9 Å². The van der Waals surface area contributed by atoms with Gasteiger partial charge in [0.05, 0.1) is 85.9 Å². The highest BCUT2D eigenvalue weighted by Crippen LogP contribution is 2.36. The van der Waals surface area contributed by atoms with Crippen LogP contribution in [-0.2, 0) is 42.4 Å². The minimum Gasteiger partial charge on any atom is -0.463 e. The number of benzene rings is 2. The highest BCUT2D eigenvalue weighted by molar-refractivity contribution is 6.99. The number of hydrogen-bond acceptors (Lipinski definition) is 9. The largest absolute Gasteiger partial charge is 0.463 e. The Labute approximate surface area is 265 Å². The van der Waals surface area contributed by atoms with Gasteiger partial charge in [-0.3, -0.25) is 4.79 Å². The lowest BCUT2D eigenvalue weighted by atomic mass is 10.2. The van der Waals surface area contributed by atoms with Crippen molar-refractivity contribution in [3.8, 4) is 0 Å². The zero-order valence-electron chi connectivity index (χ0n) is 27.3. The summed E-state index contributed by atoms with van der Waals surface area (Å²) in [6, 6.07) is 21.3. The minimum atomic E-state index is -2.53. The average molecular weight is 635 g/mol. The normalized spacial score (nSPS) is 12.0. The standard InChI is InChI=1S/C34H54O9Si/c1-5-12-33(35)42-29-27-40-25-23-38-21-19-36-17-18-37-20-22-39-24-26-41-28-30-43-44(34(2,3)4,31-13-8-6-9-14-31)32-15-10-7-11-16-32/h6-11,13-16H,5,12,17-30H2,1-4H3. The fourth-order valence-electron chi connectivity index (χ4n) is 4.71. The Morgan fingerprint density at radius 2 is 0.886 bits per heavy atom. The molecule has 0 bridgehead atoms. The molecular weight excluding hydrogens is 580 g/mol. The van der Waals surface area contributed by atoms with Crippen molar-refractivity contribution < 1.29 is 42.4 Å². The molecule has 0 radical (unpaired) electrons. The summed E-state index contributed by atoms with van der Waals surface area (Å²) in [6.07, 6.45) is 1.23. The van der Waals surface area contributed by atoms with Crippen molar-refractivity contribution in [1.82, 2.24) is 0 Å². The lowest BCUT2D eigenvalue weighted by molar-refractivity contribution is -0.145. The summed E-state index contributed by atoms with van der Waals surface area (Å²) >= 11 is 0. The predicted molar refractivity (Wildman–Crippen MR) is 174 cm³/mol. The summed E-state index contributed by atoms with van der Waals surface area (Å²) in [7, 11) is -2.53. The molecule has 0 atom stereocenters.